The van der Waals surface area contributed by atoms with Gasteiger partial charge in [0.1, 0.15) is 5.02 Å². The molecule has 132 valence electrons. The minimum absolute atomic E-state index is 0.00310. The Balaban J connectivity index is 1.68. The minimum atomic E-state index is -0.758. The van der Waals surface area contributed by atoms with E-state index in [4.69, 9.17) is 20.9 Å². The van der Waals surface area contributed by atoms with Crippen LogP contribution >= 0.6 is 11.6 Å². The normalized spacial score (nSPS) is 10.5. The summed E-state index contributed by atoms with van der Waals surface area (Å²) in [5, 5.41) is 14.6. The molecule has 3 aromatic rings. The molecule has 0 amide bonds. The lowest BCUT2D eigenvalue weighted by Crippen LogP contribution is -2.06. The molecule has 0 bridgehead atoms. The summed E-state index contributed by atoms with van der Waals surface area (Å²) in [5.41, 5.74) is 1.47. The van der Waals surface area contributed by atoms with Crippen molar-refractivity contribution in [2.75, 3.05) is 0 Å². The number of nitro benzene ring substituents is 1. The van der Waals surface area contributed by atoms with Gasteiger partial charge < -0.3 is 9.26 Å². The Hall–Kier alpha value is -3.26. The fourth-order valence-corrected chi connectivity index (χ4v) is 2.31. The van der Waals surface area contributed by atoms with Gasteiger partial charge in [-0.2, -0.15) is 4.98 Å². The molecule has 2 aromatic carbocycles. The van der Waals surface area contributed by atoms with Crippen LogP contribution in [0.3, 0.4) is 0 Å². The van der Waals surface area contributed by atoms with E-state index in [2.05, 4.69) is 10.1 Å². The van der Waals surface area contributed by atoms with Crippen molar-refractivity contribution in [3.63, 3.8) is 0 Å². The van der Waals surface area contributed by atoms with Crippen LogP contribution in [-0.4, -0.2) is 21.0 Å². The van der Waals surface area contributed by atoms with E-state index in [0.29, 0.717) is 5.89 Å². The lowest BCUT2D eigenvalue weighted by molar-refractivity contribution is -0.384. The molecule has 0 saturated heterocycles. The lowest BCUT2D eigenvalue weighted by Gasteiger charge is -2.02. The van der Waals surface area contributed by atoms with E-state index in [0.717, 1.165) is 17.2 Å². The van der Waals surface area contributed by atoms with Gasteiger partial charge in [-0.25, -0.2) is 4.79 Å². The van der Waals surface area contributed by atoms with Gasteiger partial charge in [0.2, 0.25) is 5.82 Å². The van der Waals surface area contributed by atoms with Crippen molar-refractivity contribution in [2.45, 2.75) is 13.5 Å². The van der Waals surface area contributed by atoms with E-state index in [1.165, 1.54) is 12.1 Å². The fourth-order valence-electron chi connectivity index (χ4n) is 2.12. The van der Waals surface area contributed by atoms with E-state index in [1.807, 2.05) is 31.2 Å². The van der Waals surface area contributed by atoms with Crippen LogP contribution < -0.4 is 0 Å². The van der Waals surface area contributed by atoms with E-state index in [9.17, 15) is 14.9 Å². The number of carbonyl (C=O) groups excluding carboxylic acids is 1. The molecule has 26 heavy (non-hydrogen) atoms. The van der Waals surface area contributed by atoms with Crippen molar-refractivity contribution in [3.05, 3.63) is 74.6 Å². The van der Waals surface area contributed by atoms with Crippen molar-refractivity contribution in [1.82, 2.24) is 10.1 Å². The van der Waals surface area contributed by atoms with E-state index < -0.39 is 10.9 Å². The Bertz CT molecular complexity index is 969. The predicted octanol–water partition coefficient (Wildman–Crippen LogP) is 3.96. The van der Waals surface area contributed by atoms with Gasteiger partial charge in [0.05, 0.1) is 10.5 Å². The highest BCUT2D eigenvalue weighted by Gasteiger charge is 2.18. The molecule has 8 nitrogen and oxygen atoms in total. The average molecular weight is 374 g/mol. The number of benzene rings is 2. The molecule has 0 aliphatic heterocycles. The van der Waals surface area contributed by atoms with Crippen LogP contribution in [0.15, 0.2) is 47.0 Å². The third kappa shape index (κ3) is 3.86. The van der Waals surface area contributed by atoms with Crippen molar-refractivity contribution < 1.29 is 19.0 Å². The van der Waals surface area contributed by atoms with Crippen LogP contribution in [-0.2, 0) is 11.3 Å². The zero-order valence-electron chi connectivity index (χ0n) is 13.5. The number of halogens is 1. The molecule has 0 saturated carbocycles. The minimum Gasteiger partial charge on any atom is -0.454 e. The summed E-state index contributed by atoms with van der Waals surface area (Å²) in [6.45, 7) is 1.73. The Morgan fingerprint density at radius 1 is 1.27 bits per heavy atom. The second-order valence-electron chi connectivity index (χ2n) is 5.38. The number of aromatic nitrogens is 2. The van der Waals surface area contributed by atoms with Crippen LogP contribution in [0.4, 0.5) is 5.69 Å². The topological polar surface area (TPSA) is 108 Å². The first-order valence-corrected chi connectivity index (χ1v) is 7.82. The fraction of sp³-hybridized carbons (Fsp3) is 0.118. The van der Waals surface area contributed by atoms with E-state index >= 15 is 0 Å². The molecule has 0 aliphatic rings. The van der Waals surface area contributed by atoms with Crippen molar-refractivity contribution in [3.8, 4) is 11.5 Å². The maximum atomic E-state index is 12.0. The number of esters is 1. The maximum absolute atomic E-state index is 12.0. The summed E-state index contributed by atoms with van der Waals surface area (Å²) >= 11 is 5.71. The van der Waals surface area contributed by atoms with Gasteiger partial charge in [-0.3, -0.25) is 10.1 Å². The Morgan fingerprint density at radius 2 is 2.00 bits per heavy atom. The molecule has 0 radical (unpaired) electrons. The summed E-state index contributed by atoms with van der Waals surface area (Å²) < 4.78 is 10.2. The van der Waals surface area contributed by atoms with Crippen LogP contribution in [0.25, 0.3) is 11.5 Å². The lowest BCUT2D eigenvalue weighted by atomic mass is 10.1. The quantitative estimate of drug-likeness (QED) is 0.378. The number of hydrogen-bond donors (Lipinski definition) is 0. The highest BCUT2D eigenvalue weighted by Crippen LogP contribution is 2.25. The summed E-state index contributed by atoms with van der Waals surface area (Å²) in [6.07, 6.45) is 0. The van der Waals surface area contributed by atoms with Gasteiger partial charge in [-0.15, -0.1) is 0 Å². The molecule has 1 aromatic heterocycles. The first-order valence-electron chi connectivity index (χ1n) is 7.45. The van der Waals surface area contributed by atoms with Crippen molar-refractivity contribution in [2.24, 2.45) is 0 Å². The summed E-state index contributed by atoms with van der Waals surface area (Å²) in [4.78, 5) is 26.4. The number of nitrogens with zero attached hydrogens (tertiary/aromatic N) is 3. The van der Waals surface area contributed by atoms with Crippen LogP contribution in [0, 0.1) is 17.0 Å². The highest BCUT2D eigenvalue weighted by molar-refractivity contribution is 6.32. The number of aryl methyl sites for hydroxylation is 1. The molecule has 9 heteroatoms. The molecular weight excluding hydrogens is 362 g/mol. The number of hydrogen-bond acceptors (Lipinski definition) is 7. The van der Waals surface area contributed by atoms with Crippen LogP contribution in [0.1, 0.15) is 21.7 Å². The highest BCUT2D eigenvalue weighted by atomic mass is 35.5. The first kappa shape index (κ1) is 17.6. The number of nitro groups is 1. The number of rotatable bonds is 5. The molecule has 0 atom stereocenters. The van der Waals surface area contributed by atoms with E-state index in [1.54, 1.807) is 0 Å². The monoisotopic (exact) mass is 373 g/mol. The van der Waals surface area contributed by atoms with Gasteiger partial charge in [0.15, 0.2) is 6.61 Å². The standard InChI is InChI=1S/C17H12ClN3O5/c1-10-2-4-11(5-3-10)16-19-15(20-26-16)9-25-17(22)12-6-7-13(18)14(8-12)21(23)24/h2-8H,9H2,1H3. The molecule has 3 rings (SSSR count). The SMILES string of the molecule is Cc1ccc(-c2nc(COC(=O)c3ccc(Cl)c([N+](=O)[O-])c3)no2)cc1. The summed E-state index contributed by atoms with van der Waals surface area (Å²) in [6, 6.07) is 11.2. The van der Waals surface area contributed by atoms with Gasteiger partial charge in [0.25, 0.3) is 11.6 Å². The molecule has 0 N–H and O–H groups in total. The molecule has 0 aliphatic carbocycles. The zero-order chi connectivity index (χ0) is 18.7. The third-order valence-corrected chi connectivity index (χ3v) is 3.80. The molecule has 0 spiro atoms. The van der Waals surface area contributed by atoms with Gasteiger partial charge in [0, 0.05) is 11.6 Å². The molecule has 1 heterocycles. The maximum Gasteiger partial charge on any atom is 0.338 e. The second kappa shape index (κ2) is 7.32. The number of ether oxygens (including phenoxy) is 1. The van der Waals surface area contributed by atoms with Gasteiger partial charge in [-0.1, -0.05) is 34.5 Å². The Morgan fingerprint density at radius 3 is 2.69 bits per heavy atom. The summed E-state index contributed by atoms with van der Waals surface area (Å²) in [5.74, 6) is -0.276. The zero-order valence-corrected chi connectivity index (χ0v) is 14.3. The average Bonchev–Trinajstić information content (AvgIpc) is 3.09. The Labute approximate surface area is 152 Å². The van der Waals surface area contributed by atoms with Gasteiger partial charge >= 0.3 is 5.97 Å². The second-order valence-corrected chi connectivity index (χ2v) is 5.79. The van der Waals surface area contributed by atoms with Crippen LogP contribution in [0.2, 0.25) is 5.02 Å². The number of carbonyl (C=O) groups is 1. The predicted molar refractivity (Wildman–Crippen MR) is 91.7 cm³/mol. The summed E-state index contributed by atoms with van der Waals surface area (Å²) in [7, 11) is 0. The smallest absolute Gasteiger partial charge is 0.338 e. The Kier molecular flexibility index (Phi) is 4.94. The molecular formula is C17H12ClN3O5. The molecule has 0 unspecified atom stereocenters. The van der Waals surface area contributed by atoms with Gasteiger partial charge in [-0.05, 0) is 31.2 Å². The first-order chi connectivity index (χ1) is 12.4. The van der Waals surface area contributed by atoms with Crippen LogP contribution in [0.5, 0.6) is 0 Å². The molecule has 0 fully saturated rings. The van der Waals surface area contributed by atoms with Crippen molar-refractivity contribution in [1.29, 1.82) is 0 Å². The van der Waals surface area contributed by atoms with E-state index in [-0.39, 0.29) is 28.7 Å². The largest absolute Gasteiger partial charge is 0.454 e. The van der Waals surface area contributed by atoms with Crippen molar-refractivity contribution >= 4 is 23.3 Å². The third-order valence-electron chi connectivity index (χ3n) is 3.48.